The van der Waals surface area contributed by atoms with E-state index in [9.17, 15) is 9.59 Å². The molecular formula is C18H19N3O2. The van der Waals surface area contributed by atoms with Crippen LogP contribution in [0, 0.1) is 0 Å². The van der Waals surface area contributed by atoms with Crippen molar-refractivity contribution in [1.29, 1.82) is 0 Å². The molecule has 2 amide bonds. The van der Waals surface area contributed by atoms with Gasteiger partial charge in [-0.05, 0) is 17.7 Å². The van der Waals surface area contributed by atoms with Gasteiger partial charge in [0.1, 0.15) is 6.04 Å². The molecule has 0 unspecified atom stereocenters. The van der Waals surface area contributed by atoms with Gasteiger partial charge in [0.2, 0.25) is 11.8 Å². The summed E-state index contributed by atoms with van der Waals surface area (Å²) in [5.41, 5.74) is 1.63. The van der Waals surface area contributed by atoms with E-state index in [1.807, 2.05) is 65.6 Å². The van der Waals surface area contributed by atoms with Crippen molar-refractivity contribution in [3.05, 3.63) is 66.2 Å². The Balaban J connectivity index is 1.85. The second-order valence-electron chi connectivity index (χ2n) is 5.49. The van der Waals surface area contributed by atoms with E-state index in [0.29, 0.717) is 13.1 Å². The summed E-state index contributed by atoms with van der Waals surface area (Å²) in [6.45, 7) is 1.43. The summed E-state index contributed by atoms with van der Waals surface area (Å²) < 4.78 is 0. The first-order valence-corrected chi connectivity index (χ1v) is 7.65. The van der Waals surface area contributed by atoms with E-state index in [1.165, 1.54) is 0 Å². The molecule has 5 heteroatoms. The van der Waals surface area contributed by atoms with Crippen LogP contribution in [0.4, 0.5) is 5.69 Å². The van der Waals surface area contributed by atoms with E-state index in [1.54, 1.807) is 0 Å². The molecule has 1 fully saturated rings. The van der Waals surface area contributed by atoms with Crippen LogP contribution in [0.15, 0.2) is 60.7 Å². The minimum atomic E-state index is -0.484. The van der Waals surface area contributed by atoms with Crippen molar-refractivity contribution in [2.24, 2.45) is 0 Å². The molecule has 2 N–H and O–H groups in total. The van der Waals surface area contributed by atoms with Gasteiger partial charge in [-0.3, -0.25) is 14.5 Å². The molecule has 0 spiro atoms. The SMILES string of the molecule is O=C1CN([C@@H](C(=O)Nc2ccccc2)c2ccccc2)CCN1. The Kier molecular flexibility index (Phi) is 4.68. The lowest BCUT2D eigenvalue weighted by molar-refractivity contribution is -0.128. The van der Waals surface area contributed by atoms with Crippen molar-refractivity contribution in [3.8, 4) is 0 Å². The Labute approximate surface area is 135 Å². The lowest BCUT2D eigenvalue weighted by Gasteiger charge is -2.33. The van der Waals surface area contributed by atoms with Gasteiger partial charge in [0, 0.05) is 18.8 Å². The van der Waals surface area contributed by atoms with Crippen LogP contribution in [0.5, 0.6) is 0 Å². The lowest BCUT2D eigenvalue weighted by Crippen LogP contribution is -2.51. The third-order valence-electron chi connectivity index (χ3n) is 3.84. The first kappa shape index (κ1) is 15.2. The van der Waals surface area contributed by atoms with E-state index in [0.717, 1.165) is 11.3 Å². The van der Waals surface area contributed by atoms with Crippen LogP contribution in [-0.4, -0.2) is 36.3 Å². The normalized spacial score (nSPS) is 16.4. The Bertz CT molecular complexity index is 673. The van der Waals surface area contributed by atoms with Crippen molar-refractivity contribution in [2.75, 3.05) is 25.0 Å². The van der Waals surface area contributed by atoms with Crippen molar-refractivity contribution < 1.29 is 9.59 Å². The highest BCUT2D eigenvalue weighted by atomic mass is 16.2. The van der Waals surface area contributed by atoms with Crippen molar-refractivity contribution >= 4 is 17.5 Å². The van der Waals surface area contributed by atoms with Crippen LogP contribution >= 0.6 is 0 Å². The molecule has 118 valence electrons. The highest BCUT2D eigenvalue weighted by Crippen LogP contribution is 2.23. The second-order valence-corrected chi connectivity index (χ2v) is 5.49. The van der Waals surface area contributed by atoms with Crippen molar-refractivity contribution in [3.63, 3.8) is 0 Å². The van der Waals surface area contributed by atoms with Gasteiger partial charge in [-0.15, -0.1) is 0 Å². The van der Waals surface area contributed by atoms with Gasteiger partial charge in [-0.2, -0.15) is 0 Å². The Morgan fingerprint density at radius 3 is 2.35 bits per heavy atom. The topological polar surface area (TPSA) is 61.4 Å². The van der Waals surface area contributed by atoms with Gasteiger partial charge in [-0.25, -0.2) is 0 Å². The maximum atomic E-state index is 12.8. The highest BCUT2D eigenvalue weighted by molar-refractivity contribution is 5.96. The number of anilines is 1. The number of hydrogen-bond acceptors (Lipinski definition) is 3. The average molecular weight is 309 g/mol. The van der Waals surface area contributed by atoms with E-state index >= 15 is 0 Å². The first-order chi connectivity index (χ1) is 11.2. The van der Waals surface area contributed by atoms with E-state index in [2.05, 4.69) is 10.6 Å². The Morgan fingerprint density at radius 2 is 1.70 bits per heavy atom. The molecule has 1 aliphatic rings. The molecule has 0 saturated carbocycles. The van der Waals surface area contributed by atoms with Crippen molar-refractivity contribution in [1.82, 2.24) is 10.2 Å². The Morgan fingerprint density at radius 1 is 1.04 bits per heavy atom. The van der Waals surface area contributed by atoms with Crippen LogP contribution in [0.25, 0.3) is 0 Å². The standard InChI is InChI=1S/C18H19N3O2/c22-16-13-21(12-11-19-16)17(14-7-3-1-4-8-14)18(23)20-15-9-5-2-6-10-15/h1-10,17H,11-13H2,(H,19,22)(H,20,23)/t17-/m1/s1. The van der Waals surface area contributed by atoms with Crippen molar-refractivity contribution in [2.45, 2.75) is 6.04 Å². The van der Waals surface area contributed by atoms with Gasteiger partial charge in [0.05, 0.1) is 6.54 Å². The number of benzene rings is 2. The second kappa shape index (κ2) is 7.07. The molecule has 1 atom stereocenters. The largest absolute Gasteiger partial charge is 0.354 e. The molecule has 23 heavy (non-hydrogen) atoms. The van der Waals surface area contributed by atoms with Gasteiger partial charge >= 0.3 is 0 Å². The molecule has 0 bridgehead atoms. The summed E-state index contributed by atoms with van der Waals surface area (Å²) in [5, 5.41) is 5.73. The van der Waals surface area contributed by atoms with E-state index < -0.39 is 6.04 Å². The van der Waals surface area contributed by atoms with E-state index in [-0.39, 0.29) is 18.4 Å². The summed E-state index contributed by atoms with van der Waals surface area (Å²) in [4.78, 5) is 26.4. The number of amides is 2. The van der Waals surface area contributed by atoms with Gasteiger partial charge in [0.15, 0.2) is 0 Å². The fourth-order valence-electron chi connectivity index (χ4n) is 2.77. The quantitative estimate of drug-likeness (QED) is 0.905. The minimum Gasteiger partial charge on any atom is -0.354 e. The fourth-order valence-corrected chi connectivity index (χ4v) is 2.77. The van der Waals surface area contributed by atoms with Crippen LogP contribution in [0.3, 0.4) is 0 Å². The van der Waals surface area contributed by atoms with Crippen LogP contribution < -0.4 is 10.6 Å². The number of carbonyl (C=O) groups is 2. The molecule has 0 radical (unpaired) electrons. The fraction of sp³-hybridized carbons (Fsp3) is 0.222. The van der Waals surface area contributed by atoms with Gasteiger partial charge < -0.3 is 10.6 Å². The third-order valence-corrected chi connectivity index (χ3v) is 3.84. The lowest BCUT2D eigenvalue weighted by atomic mass is 10.0. The van der Waals surface area contributed by atoms with Gasteiger partial charge in [-0.1, -0.05) is 48.5 Å². The average Bonchev–Trinajstić information content (AvgIpc) is 2.57. The van der Waals surface area contributed by atoms with Crippen LogP contribution in [0.2, 0.25) is 0 Å². The summed E-state index contributed by atoms with van der Waals surface area (Å²) in [6, 6.07) is 18.4. The number of piperazine rings is 1. The Hall–Kier alpha value is -2.66. The molecule has 1 heterocycles. The summed E-state index contributed by atoms with van der Waals surface area (Å²) in [7, 11) is 0. The van der Waals surface area contributed by atoms with E-state index in [4.69, 9.17) is 0 Å². The summed E-state index contributed by atoms with van der Waals surface area (Å²) in [6.07, 6.45) is 0. The smallest absolute Gasteiger partial charge is 0.246 e. The summed E-state index contributed by atoms with van der Waals surface area (Å²) >= 11 is 0. The molecule has 0 aliphatic carbocycles. The van der Waals surface area contributed by atoms with Gasteiger partial charge in [0.25, 0.3) is 0 Å². The zero-order valence-electron chi connectivity index (χ0n) is 12.7. The predicted octanol–water partition coefficient (Wildman–Crippen LogP) is 1.80. The molecule has 2 aromatic rings. The molecule has 1 saturated heterocycles. The molecular weight excluding hydrogens is 290 g/mol. The third kappa shape index (κ3) is 3.76. The van der Waals surface area contributed by atoms with Crippen LogP contribution in [-0.2, 0) is 9.59 Å². The number of nitrogens with zero attached hydrogens (tertiary/aromatic N) is 1. The zero-order valence-corrected chi connectivity index (χ0v) is 12.7. The van der Waals surface area contributed by atoms with Crippen LogP contribution in [0.1, 0.15) is 11.6 Å². The molecule has 2 aromatic carbocycles. The number of para-hydroxylation sites is 1. The first-order valence-electron chi connectivity index (χ1n) is 7.65. The predicted molar refractivity (Wildman–Crippen MR) is 88.8 cm³/mol. The molecule has 1 aliphatic heterocycles. The number of hydrogen-bond donors (Lipinski definition) is 2. The molecule has 0 aromatic heterocycles. The maximum Gasteiger partial charge on any atom is 0.246 e. The number of carbonyl (C=O) groups excluding carboxylic acids is 2. The molecule has 3 rings (SSSR count). The number of nitrogens with one attached hydrogen (secondary N) is 2. The number of rotatable bonds is 4. The monoisotopic (exact) mass is 309 g/mol. The highest BCUT2D eigenvalue weighted by Gasteiger charge is 2.30. The minimum absolute atomic E-state index is 0.0512. The molecule has 5 nitrogen and oxygen atoms in total. The zero-order chi connectivity index (χ0) is 16.1. The summed E-state index contributed by atoms with van der Waals surface area (Å²) in [5.74, 6) is -0.179. The maximum absolute atomic E-state index is 12.8.